The van der Waals surface area contributed by atoms with E-state index in [0.29, 0.717) is 12.5 Å². The van der Waals surface area contributed by atoms with Crippen LogP contribution in [-0.4, -0.2) is 50.0 Å². The summed E-state index contributed by atoms with van der Waals surface area (Å²) in [6, 6.07) is 0.244. The second-order valence-corrected chi connectivity index (χ2v) is 7.43. The molecule has 7 heteroatoms. The molecule has 114 valence electrons. The molecule has 1 fully saturated rings. The molecule has 1 aromatic heterocycles. The van der Waals surface area contributed by atoms with Crippen LogP contribution in [0.25, 0.3) is 0 Å². The number of hydrogen-bond donors (Lipinski definition) is 2. The molecule has 1 unspecified atom stereocenters. The zero-order chi connectivity index (χ0) is 14.6. The van der Waals surface area contributed by atoms with Gasteiger partial charge in [-0.2, -0.15) is 0 Å². The van der Waals surface area contributed by atoms with Crippen molar-refractivity contribution in [2.24, 2.45) is 5.92 Å². The average molecular weight is 300 g/mol. The topological polar surface area (TPSA) is 78.1 Å². The van der Waals surface area contributed by atoms with Gasteiger partial charge in [0, 0.05) is 12.6 Å². The van der Waals surface area contributed by atoms with Crippen molar-refractivity contribution in [3.63, 3.8) is 0 Å². The fourth-order valence-electron chi connectivity index (χ4n) is 2.95. The monoisotopic (exact) mass is 300 g/mol. The number of aromatic nitrogens is 2. The normalized spacial score (nSPS) is 19.4. The fraction of sp³-hybridized carbons (Fsp3) is 0.769. The minimum Gasteiger partial charge on any atom is -0.335 e. The lowest BCUT2D eigenvalue weighted by molar-refractivity contribution is 0.172. The highest BCUT2D eigenvalue weighted by molar-refractivity contribution is 7.89. The molecular formula is C13H24N4O2S. The lowest BCUT2D eigenvalue weighted by Crippen LogP contribution is -2.45. The van der Waals surface area contributed by atoms with E-state index in [1.807, 2.05) is 14.1 Å². The quantitative estimate of drug-likeness (QED) is 0.827. The second kappa shape index (κ2) is 6.69. The van der Waals surface area contributed by atoms with E-state index in [2.05, 4.69) is 19.6 Å². The first-order valence-electron chi connectivity index (χ1n) is 7.15. The Morgan fingerprint density at radius 1 is 1.40 bits per heavy atom. The summed E-state index contributed by atoms with van der Waals surface area (Å²) in [7, 11) is 0.556. The standard InChI is InChI=1S/C13H24N4O2S/c1-17(2)12(11-6-4-3-5-7-11)8-16-20(18,19)13-9-14-10-15-13/h9-12,16H,3-8H2,1-2H3,(H,14,15). The van der Waals surface area contributed by atoms with E-state index in [0.717, 1.165) is 0 Å². The van der Waals surface area contributed by atoms with E-state index >= 15 is 0 Å². The molecule has 0 bridgehead atoms. The second-order valence-electron chi connectivity index (χ2n) is 5.70. The van der Waals surface area contributed by atoms with E-state index < -0.39 is 10.0 Å². The van der Waals surface area contributed by atoms with Gasteiger partial charge in [-0.25, -0.2) is 18.1 Å². The molecule has 1 heterocycles. The maximum Gasteiger partial charge on any atom is 0.257 e. The lowest BCUT2D eigenvalue weighted by Gasteiger charge is -2.34. The zero-order valence-electron chi connectivity index (χ0n) is 12.2. The minimum absolute atomic E-state index is 0.124. The Labute approximate surface area is 121 Å². The molecule has 1 aromatic rings. The van der Waals surface area contributed by atoms with Gasteiger partial charge in [-0.1, -0.05) is 19.3 Å². The van der Waals surface area contributed by atoms with E-state index in [9.17, 15) is 8.42 Å². The van der Waals surface area contributed by atoms with E-state index in [1.165, 1.54) is 44.6 Å². The largest absolute Gasteiger partial charge is 0.335 e. The van der Waals surface area contributed by atoms with Gasteiger partial charge in [0.1, 0.15) is 0 Å². The van der Waals surface area contributed by atoms with Crippen LogP contribution >= 0.6 is 0 Å². The molecule has 2 N–H and O–H groups in total. The molecule has 1 saturated carbocycles. The van der Waals surface area contributed by atoms with Gasteiger partial charge in [0.15, 0.2) is 5.03 Å². The van der Waals surface area contributed by atoms with Crippen LogP contribution in [0.5, 0.6) is 0 Å². The van der Waals surface area contributed by atoms with E-state index in [-0.39, 0.29) is 11.1 Å². The first kappa shape index (κ1) is 15.5. The zero-order valence-corrected chi connectivity index (χ0v) is 13.0. The van der Waals surface area contributed by atoms with Crippen molar-refractivity contribution in [2.75, 3.05) is 20.6 Å². The Balaban J connectivity index is 1.98. The number of imidazole rings is 1. The number of nitrogens with zero attached hydrogens (tertiary/aromatic N) is 2. The lowest BCUT2D eigenvalue weighted by atomic mass is 9.83. The third kappa shape index (κ3) is 3.80. The van der Waals surface area contributed by atoms with Crippen molar-refractivity contribution in [1.82, 2.24) is 19.6 Å². The van der Waals surface area contributed by atoms with Crippen molar-refractivity contribution >= 4 is 10.0 Å². The van der Waals surface area contributed by atoms with Crippen LogP contribution in [0.1, 0.15) is 32.1 Å². The molecule has 0 radical (unpaired) electrons. The van der Waals surface area contributed by atoms with Crippen molar-refractivity contribution in [3.05, 3.63) is 12.5 Å². The first-order valence-corrected chi connectivity index (χ1v) is 8.63. The summed E-state index contributed by atoms with van der Waals surface area (Å²) in [5.41, 5.74) is 0. The number of nitrogens with one attached hydrogen (secondary N) is 2. The van der Waals surface area contributed by atoms with Crippen molar-refractivity contribution < 1.29 is 8.42 Å². The van der Waals surface area contributed by atoms with Gasteiger partial charge in [-0.05, 0) is 32.9 Å². The summed E-state index contributed by atoms with van der Waals surface area (Å²) in [5, 5.41) is 0.124. The number of rotatable bonds is 6. The molecule has 0 spiro atoms. The van der Waals surface area contributed by atoms with Crippen molar-refractivity contribution in [2.45, 2.75) is 43.2 Å². The summed E-state index contributed by atoms with van der Waals surface area (Å²) < 4.78 is 26.9. The Kier molecular flexibility index (Phi) is 5.17. The van der Waals surface area contributed by atoms with E-state index in [1.54, 1.807) is 0 Å². The number of aromatic amines is 1. The molecule has 1 aliphatic carbocycles. The van der Waals surface area contributed by atoms with Crippen molar-refractivity contribution in [1.29, 1.82) is 0 Å². The summed E-state index contributed by atoms with van der Waals surface area (Å²) in [5.74, 6) is 0.572. The van der Waals surface area contributed by atoms with Crippen LogP contribution < -0.4 is 4.72 Å². The fourth-order valence-corrected chi connectivity index (χ4v) is 3.91. The molecule has 2 rings (SSSR count). The number of hydrogen-bond acceptors (Lipinski definition) is 4. The Bertz CT molecular complexity index is 492. The maximum absolute atomic E-state index is 12.1. The summed E-state index contributed by atoms with van der Waals surface area (Å²) >= 11 is 0. The molecule has 1 aliphatic rings. The van der Waals surface area contributed by atoms with Gasteiger partial charge in [0.05, 0.1) is 12.5 Å². The van der Waals surface area contributed by atoms with Crippen LogP contribution in [0.3, 0.4) is 0 Å². The van der Waals surface area contributed by atoms with Crippen LogP contribution in [-0.2, 0) is 10.0 Å². The molecule has 1 atom stereocenters. The van der Waals surface area contributed by atoms with Gasteiger partial charge >= 0.3 is 0 Å². The number of likely N-dealkylation sites (N-methyl/N-ethyl adjacent to an activating group) is 1. The molecule has 0 amide bonds. The predicted molar refractivity (Wildman–Crippen MR) is 77.8 cm³/mol. The van der Waals surface area contributed by atoms with Crippen LogP contribution in [0, 0.1) is 5.92 Å². The highest BCUT2D eigenvalue weighted by Gasteiger charge is 2.27. The Morgan fingerprint density at radius 2 is 2.10 bits per heavy atom. The van der Waals surface area contributed by atoms with Crippen LogP contribution in [0.15, 0.2) is 17.6 Å². The Morgan fingerprint density at radius 3 is 2.65 bits per heavy atom. The predicted octanol–water partition coefficient (Wildman–Crippen LogP) is 1.20. The summed E-state index contributed by atoms with van der Waals surface area (Å²) in [4.78, 5) is 8.52. The SMILES string of the molecule is CN(C)C(CNS(=O)(=O)c1cnc[nH]1)C1CCCCC1. The first-order chi connectivity index (χ1) is 9.50. The maximum atomic E-state index is 12.1. The van der Waals surface area contributed by atoms with Gasteiger partial charge in [-0.15, -0.1) is 0 Å². The van der Waals surface area contributed by atoms with Gasteiger partial charge in [-0.3, -0.25) is 0 Å². The van der Waals surface area contributed by atoms with Crippen molar-refractivity contribution in [3.8, 4) is 0 Å². The molecule has 0 aromatic carbocycles. The highest BCUT2D eigenvalue weighted by atomic mass is 32.2. The average Bonchev–Trinajstić information content (AvgIpc) is 2.94. The highest BCUT2D eigenvalue weighted by Crippen LogP contribution is 2.28. The number of H-pyrrole nitrogens is 1. The van der Waals surface area contributed by atoms with Gasteiger partial charge in [0.2, 0.25) is 0 Å². The minimum atomic E-state index is -3.48. The molecule has 0 saturated heterocycles. The van der Waals surface area contributed by atoms with Crippen LogP contribution in [0.2, 0.25) is 0 Å². The van der Waals surface area contributed by atoms with Gasteiger partial charge < -0.3 is 9.88 Å². The Hall–Kier alpha value is -0.920. The van der Waals surface area contributed by atoms with Crippen LogP contribution in [0.4, 0.5) is 0 Å². The third-order valence-corrected chi connectivity index (χ3v) is 5.45. The van der Waals surface area contributed by atoms with E-state index in [4.69, 9.17) is 0 Å². The molecule has 6 nitrogen and oxygen atoms in total. The molecule has 20 heavy (non-hydrogen) atoms. The third-order valence-electron chi connectivity index (χ3n) is 4.10. The summed E-state index contributed by atoms with van der Waals surface area (Å²) in [6.45, 7) is 0.443. The smallest absolute Gasteiger partial charge is 0.257 e. The molecule has 0 aliphatic heterocycles. The van der Waals surface area contributed by atoms with Gasteiger partial charge in [0.25, 0.3) is 10.0 Å². The number of sulfonamides is 1. The summed E-state index contributed by atoms with van der Waals surface area (Å²) in [6.07, 6.45) is 8.89. The molecular weight excluding hydrogens is 276 g/mol.